The number of alkyl halides is 4. The topological polar surface area (TPSA) is 41.1 Å². The van der Waals surface area contributed by atoms with Crippen LogP contribution in [-0.2, 0) is 6.54 Å². The van der Waals surface area contributed by atoms with Crippen LogP contribution in [0.2, 0.25) is 0 Å². The molecule has 0 radical (unpaired) electrons. The lowest BCUT2D eigenvalue weighted by Gasteiger charge is -2.35. The second-order valence-electron chi connectivity index (χ2n) is 5.14. The zero-order valence-electron chi connectivity index (χ0n) is 11.2. The summed E-state index contributed by atoms with van der Waals surface area (Å²) in [5.74, 6) is -0.641. The summed E-state index contributed by atoms with van der Waals surface area (Å²) < 4.78 is 49.6. The summed E-state index contributed by atoms with van der Waals surface area (Å²) >= 11 is 0. The molecule has 0 bridgehead atoms. The van der Waals surface area contributed by atoms with Crippen molar-refractivity contribution in [3.05, 3.63) is 35.4 Å². The molecule has 1 aromatic carbocycles. The summed E-state index contributed by atoms with van der Waals surface area (Å²) in [4.78, 5) is 11.6. The quantitative estimate of drug-likeness (QED) is 0.804. The number of carbonyl (C=O) groups excluding carboxylic acids is 1. The van der Waals surface area contributed by atoms with Crippen LogP contribution in [0, 0.1) is 5.92 Å². The number of halogens is 4. The van der Waals surface area contributed by atoms with Gasteiger partial charge in [0.1, 0.15) is 0 Å². The van der Waals surface area contributed by atoms with Gasteiger partial charge in [-0.25, -0.2) is 22.4 Å². The molecular formula is C14H16F4N2O. The van der Waals surface area contributed by atoms with E-state index in [9.17, 15) is 22.4 Å². The molecule has 2 N–H and O–H groups in total. The van der Waals surface area contributed by atoms with E-state index in [-0.39, 0.29) is 31.0 Å². The Hall–Kier alpha value is -1.79. The van der Waals surface area contributed by atoms with Gasteiger partial charge in [-0.1, -0.05) is 18.2 Å². The van der Waals surface area contributed by atoms with E-state index in [2.05, 4.69) is 10.6 Å². The van der Waals surface area contributed by atoms with Gasteiger partial charge in [0.05, 0.1) is 0 Å². The standard InChI is InChI=1S/C14H16F4N2O/c15-12(16)9-3-1-2-8(4-9)7-19-14(21)20-11-5-10(6-11)13(17)18/h1-4,10-13H,5-7H2,(H2,19,20,21). The molecule has 2 amide bonds. The molecule has 0 unspecified atom stereocenters. The normalized spacial score (nSPS) is 21.2. The number of urea groups is 1. The predicted molar refractivity (Wildman–Crippen MR) is 69.3 cm³/mol. The van der Waals surface area contributed by atoms with E-state index >= 15 is 0 Å². The first-order valence-corrected chi connectivity index (χ1v) is 6.65. The van der Waals surface area contributed by atoms with Gasteiger partial charge >= 0.3 is 6.03 Å². The molecule has 1 fully saturated rings. The van der Waals surface area contributed by atoms with Crippen LogP contribution in [0.1, 0.15) is 30.4 Å². The molecule has 0 heterocycles. The van der Waals surface area contributed by atoms with Crippen molar-refractivity contribution in [3.8, 4) is 0 Å². The van der Waals surface area contributed by atoms with Crippen molar-refractivity contribution in [3.63, 3.8) is 0 Å². The summed E-state index contributed by atoms with van der Waals surface area (Å²) in [7, 11) is 0. The molecule has 116 valence electrons. The fourth-order valence-electron chi connectivity index (χ4n) is 2.24. The maximum atomic E-state index is 12.5. The third-order valence-corrected chi connectivity index (χ3v) is 3.52. The molecule has 7 heteroatoms. The first-order valence-electron chi connectivity index (χ1n) is 6.65. The smallest absolute Gasteiger partial charge is 0.315 e. The van der Waals surface area contributed by atoms with Crippen molar-refractivity contribution in [2.24, 2.45) is 5.92 Å². The van der Waals surface area contributed by atoms with Crippen molar-refractivity contribution < 1.29 is 22.4 Å². The monoisotopic (exact) mass is 304 g/mol. The summed E-state index contributed by atoms with van der Waals surface area (Å²) in [6.07, 6.45) is -4.36. The Labute approximate surface area is 119 Å². The van der Waals surface area contributed by atoms with E-state index in [0.29, 0.717) is 5.56 Å². The zero-order valence-corrected chi connectivity index (χ0v) is 11.2. The van der Waals surface area contributed by atoms with E-state index in [4.69, 9.17) is 0 Å². The van der Waals surface area contributed by atoms with Gasteiger partial charge < -0.3 is 10.6 Å². The SMILES string of the molecule is O=C(NCc1cccc(C(F)F)c1)NC1CC(C(F)F)C1. The molecule has 3 nitrogen and oxygen atoms in total. The number of hydrogen-bond acceptors (Lipinski definition) is 1. The minimum atomic E-state index is -2.56. The van der Waals surface area contributed by atoms with E-state index in [1.807, 2.05) is 0 Å². The Morgan fingerprint density at radius 3 is 2.57 bits per heavy atom. The Bertz CT molecular complexity index is 490. The summed E-state index contributed by atoms with van der Waals surface area (Å²) in [6.45, 7) is 0.109. The van der Waals surface area contributed by atoms with Gasteiger partial charge in [-0.15, -0.1) is 0 Å². The fraction of sp³-hybridized carbons (Fsp3) is 0.500. The van der Waals surface area contributed by atoms with Crippen LogP contribution in [0.25, 0.3) is 0 Å². The van der Waals surface area contributed by atoms with Gasteiger partial charge in [-0.3, -0.25) is 0 Å². The number of benzene rings is 1. The number of rotatable bonds is 5. The highest BCUT2D eigenvalue weighted by molar-refractivity contribution is 5.74. The van der Waals surface area contributed by atoms with E-state index in [1.54, 1.807) is 6.07 Å². The molecule has 1 aliphatic rings. The van der Waals surface area contributed by atoms with Crippen molar-refractivity contribution in [1.29, 1.82) is 0 Å². The van der Waals surface area contributed by atoms with Crippen LogP contribution in [0.5, 0.6) is 0 Å². The summed E-state index contributed by atoms with van der Waals surface area (Å²) in [5, 5.41) is 5.10. The summed E-state index contributed by atoms with van der Waals surface area (Å²) in [5.41, 5.74) is 0.454. The zero-order chi connectivity index (χ0) is 15.4. The maximum absolute atomic E-state index is 12.5. The highest BCUT2D eigenvalue weighted by Crippen LogP contribution is 2.32. The molecule has 0 spiro atoms. The van der Waals surface area contributed by atoms with Gasteiger partial charge in [0.15, 0.2) is 0 Å². The van der Waals surface area contributed by atoms with Gasteiger partial charge in [-0.05, 0) is 24.5 Å². The maximum Gasteiger partial charge on any atom is 0.315 e. The van der Waals surface area contributed by atoms with E-state index in [0.717, 1.165) is 0 Å². The van der Waals surface area contributed by atoms with Crippen molar-refractivity contribution in [2.45, 2.75) is 38.3 Å². The first-order chi connectivity index (χ1) is 9.95. The lowest BCUT2D eigenvalue weighted by atomic mass is 9.81. The third-order valence-electron chi connectivity index (χ3n) is 3.52. The van der Waals surface area contributed by atoms with Gasteiger partial charge in [-0.2, -0.15) is 0 Å². The molecule has 0 aromatic heterocycles. The molecule has 0 saturated heterocycles. The first kappa shape index (κ1) is 15.6. The highest BCUT2D eigenvalue weighted by atomic mass is 19.3. The van der Waals surface area contributed by atoms with Crippen LogP contribution >= 0.6 is 0 Å². The Balaban J connectivity index is 1.73. The van der Waals surface area contributed by atoms with Crippen LogP contribution in [-0.4, -0.2) is 18.5 Å². The molecule has 1 aliphatic carbocycles. The minimum Gasteiger partial charge on any atom is -0.335 e. The van der Waals surface area contributed by atoms with E-state index in [1.165, 1.54) is 18.2 Å². The molecule has 21 heavy (non-hydrogen) atoms. The lowest BCUT2D eigenvalue weighted by molar-refractivity contribution is 0.0183. The Morgan fingerprint density at radius 1 is 1.24 bits per heavy atom. The number of nitrogens with one attached hydrogen (secondary N) is 2. The molecule has 1 saturated carbocycles. The molecule has 2 rings (SSSR count). The van der Waals surface area contributed by atoms with E-state index < -0.39 is 24.8 Å². The third kappa shape index (κ3) is 4.34. The molecule has 0 atom stereocenters. The second kappa shape index (κ2) is 6.78. The van der Waals surface area contributed by atoms with Crippen molar-refractivity contribution in [1.82, 2.24) is 10.6 Å². The van der Waals surface area contributed by atoms with Gasteiger partial charge in [0.2, 0.25) is 6.43 Å². The number of amides is 2. The van der Waals surface area contributed by atoms with Crippen molar-refractivity contribution in [2.75, 3.05) is 0 Å². The van der Waals surface area contributed by atoms with Gasteiger partial charge in [0, 0.05) is 24.1 Å². The van der Waals surface area contributed by atoms with Gasteiger partial charge in [0.25, 0.3) is 6.43 Å². The number of hydrogen-bond donors (Lipinski definition) is 2. The molecular weight excluding hydrogens is 288 g/mol. The Kier molecular flexibility index (Phi) is 5.03. The van der Waals surface area contributed by atoms with Crippen molar-refractivity contribution >= 4 is 6.03 Å². The fourth-order valence-corrected chi connectivity index (χ4v) is 2.24. The second-order valence-corrected chi connectivity index (χ2v) is 5.14. The lowest BCUT2D eigenvalue weighted by Crippen LogP contribution is -2.49. The predicted octanol–water partition coefficient (Wildman–Crippen LogP) is 3.47. The highest BCUT2D eigenvalue weighted by Gasteiger charge is 2.36. The largest absolute Gasteiger partial charge is 0.335 e. The molecule has 0 aliphatic heterocycles. The number of carbonyl (C=O) groups is 1. The molecule has 1 aromatic rings. The van der Waals surface area contributed by atoms with Crippen LogP contribution in [0.4, 0.5) is 22.4 Å². The average molecular weight is 304 g/mol. The van der Waals surface area contributed by atoms with Crippen LogP contribution < -0.4 is 10.6 Å². The minimum absolute atomic E-state index is 0.103. The van der Waals surface area contributed by atoms with Crippen LogP contribution in [0.15, 0.2) is 24.3 Å². The average Bonchev–Trinajstić information content (AvgIpc) is 2.40. The van der Waals surface area contributed by atoms with Crippen LogP contribution in [0.3, 0.4) is 0 Å². The summed E-state index contributed by atoms with van der Waals surface area (Å²) in [6, 6.07) is 5.04. The Morgan fingerprint density at radius 2 is 1.95 bits per heavy atom.